The first-order valence-corrected chi connectivity index (χ1v) is 5.57. The third-order valence-corrected chi connectivity index (χ3v) is 2.51. The van der Waals surface area contributed by atoms with E-state index in [1.165, 1.54) is 17.7 Å². The van der Waals surface area contributed by atoms with Crippen LogP contribution in [0.25, 0.3) is 5.57 Å². The molecule has 0 saturated carbocycles. The van der Waals surface area contributed by atoms with Crippen molar-refractivity contribution in [3.63, 3.8) is 0 Å². The van der Waals surface area contributed by atoms with E-state index in [4.69, 9.17) is 0 Å². The summed E-state index contributed by atoms with van der Waals surface area (Å²) in [6.07, 6.45) is 2.82. The van der Waals surface area contributed by atoms with Gasteiger partial charge in [0.05, 0.1) is 0 Å². The summed E-state index contributed by atoms with van der Waals surface area (Å²) >= 11 is 0. The van der Waals surface area contributed by atoms with Crippen LogP contribution in [0.5, 0.6) is 5.75 Å². The number of rotatable bonds is 3. The van der Waals surface area contributed by atoms with E-state index in [2.05, 4.69) is 12.7 Å². The molecule has 0 aliphatic carbocycles. The summed E-state index contributed by atoms with van der Waals surface area (Å²) in [6, 6.07) is 4.68. The first-order valence-electron chi connectivity index (χ1n) is 5.57. The highest BCUT2D eigenvalue weighted by molar-refractivity contribution is 5.64. The van der Waals surface area contributed by atoms with Crippen molar-refractivity contribution in [3.05, 3.63) is 57.8 Å². The van der Waals surface area contributed by atoms with Gasteiger partial charge in [0.25, 0.3) is 0 Å². The molecule has 0 bridgehead atoms. The summed E-state index contributed by atoms with van der Waals surface area (Å²) in [7, 11) is 0. The lowest BCUT2D eigenvalue weighted by Crippen LogP contribution is -1.96. The molecule has 2 heteroatoms. The minimum absolute atomic E-state index is 0.226. The number of hydrogen-bond donors (Lipinski definition) is 1. The average molecular weight is 230 g/mol. The molecule has 1 N–H and O–H groups in total. The van der Waals surface area contributed by atoms with Crippen LogP contribution in [-0.4, -0.2) is 5.11 Å². The second-order valence-electron chi connectivity index (χ2n) is 4.43. The third-order valence-electron chi connectivity index (χ3n) is 2.51. The average Bonchev–Trinajstić information content (AvgIpc) is 2.38. The molecule has 2 nitrogen and oxygen atoms in total. The van der Waals surface area contributed by atoms with Gasteiger partial charge in [-0.15, -0.1) is 0 Å². The maximum Gasteiger partial charge on any atom is 0.220 e. The zero-order chi connectivity index (χ0) is 13.0. The Morgan fingerprint density at radius 1 is 1.35 bits per heavy atom. The molecule has 0 radical (unpaired) electrons. The molecule has 0 aliphatic heterocycles. The van der Waals surface area contributed by atoms with Gasteiger partial charge in [-0.1, -0.05) is 29.9 Å². The molecule has 1 aromatic carbocycles. The Morgan fingerprint density at radius 3 is 2.53 bits per heavy atom. The van der Waals surface area contributed by atoms with Gasteiger partial charge in [-0.3, -0.25) is 4.79 Å². The monoisotopic (exact) mass is 230 g/mol. The van der Waals surface area contributed by atoms with E-state index in [9.17, 15) is 9.90 Å². The van der Waals surface area contributed by atoms with E-state index in [0.29, 0.717) is 0 Å². The first kappa shape index (κ1) is 13.2. The lowest BCUT2D eigenvalue weighted by Gasteiger charge is -2.03. The summed E-state index contributed by atoms with van der Waals surface area (Å²) in [5.74, 6) is -0.226. The molecule has 0 aliphatic rings. The smallest absolute Gasteiger partial charge is 0.220 e. The molecule has 0 saturated heterocycles. The molecule has 1 aromatic rings. The van der Waals surface area contributed by atoms with E-state index in [1.54, 1.807) is 6.07 Å². The Hall–Kier alpha value is -1.83. The largest absolute Gasteiger partial charge is 0.504 e. The van der Waals surface area contributed by atoms with Crippen molar-refractivity contribution in [2.24, 2.45) is 0 Å². The van der Waals surface area contributed by atoms with Crippen molar-refractivity contribution in [2.45, 2.75) is 27.2 Å². The van der Waals surface area contributed by atoms with Crippen molar-refractivity contribution in [1.29, 1.82) is 0 Å². The molecule has 0 fully saturated rings. The zero-order valence-corrected chi connectivity index (χ0v) is 10.6. The standard InChI is InChI=1S/C15H18O2/c1-10(2)5-6-12-7-8-14(16)15(17)9-13(12)11(3)4/h5,7-9H,3,6H2,1-2,4H3,(H,16,17). The van der Waals surface area contributed by atoms with Crippen LogP contribution in [0.15, 0.2) is 41.2 Å². The highest BCUT2D eigenvalue weighted by Gasteiger charge is 2.04. The van der Waals surface area contributed by atoms with Crippen molar-refractivity contribution < 1.29 is 5.11 Å². The molecular formula is C15H18O2. The highest BCUT2D eigenvalue weighted by atomic mass is 16.3. The summed E-state index contributed by atoms with van der Waals surface area (Å²) in [5, 5.41) is 9.43. The van der Waals surface area contributed by atoms with E-state index in [0.717, 1.165) is 23.1 Å². The minimum atomic E-state index is -0.369. The molecule has 0 amide bonds. The third kappa shape index (κ3) is 3.59. The van der Waals surface area contributed by atoms with Crippen LogP contribution in [-0.2, 0) is 6.42 Å². The molecule has 0 spiro atoms. The Morgan fingerprint density at radius 2 is 2.00 bits per heavy atom. The van der Waals surface area contributed by atoms with E-state index < -0.39 is 0 Å². The molecule has 17 heavy (non-hydrogen) atoms. The fourth-order valence-corrected chi connectivity index (χ4v) is 1.54. The fourth-order valence-electron chi connectivity index (χ4n) is 1.54. The summed E-state index contributed by atoms with van der Waals surface area (Å²) in [5.41, 5.74) is 3.49. The van der Waals surface area contributed by atoms with Crippen molar-refractivity contribution >= 4 is 5.57 Å². The van der Waals surface area contributed by atoms with Crippen LogP contribution in [0.1, 0.15) is 31.9 Å². The van der Waals surface area contributed by atoms with Gasteiger partial charge in [-0.2, -0.15) is 0 Å². The maximum atomic E-state index is 11.5. The van der Waals surface area contributed by atoms with E-state index in [1.807, 2.05) is 20.8 Å². The lowest BCUT2D eigenvalue weighted by molar-refractivity contribution is 0.471. The molecule has 0 heterocycles. The first-order chi connectivity index (χ1) is 7.91. The summed E-state index contributed by atoms with van der Waals surface area (Å²) in [4.78, 5) is 11.5. The summed E-state index contributed by atoms with van der Waals surface area (Å²) < 4.78 is 0. The predicted molar refractivity (Wildman–Crippen MR) is 72.2 cm³/mol. The SMILES string of the molecule is C=C(C)c1cc(=O)c(O)ccc1CC=C(C)C. The molecule has 0 unspecified atom stereocenters. The van der Waals surface area contributed by atoms with Gasteiger partial charge < -0.3 is 5.11 Å². The van der Waals surface area contributed by atoms with Crippen LogP contribution in [0.3, 0.4) is 0 Å². The van der Waals surface area contributed by atoms with Crippen molar-refractivity contribution in [2.75, 3.05) is 0 Å². The number of hydrogen-bond acceptors (Lipinski definition) is 2. The Kier molecular flexibility index (Phi) is 4.27. The van der Waals surface area contributed by atoms with Crippen LogP contribution in [0, 0.1) is 0 Å². The normalized spacial score (nSPS) is 9.82. The molecule has 90 valence electrons. The van der Waals surface area contributed by atoms with Crippen LogP contribution in [0.2, 0.25) is 0 Å². The molecule has 0 aromatic heterocycles. The van der Waals surface area contributed by atoms with Gasteiger partial charge in [0.15, 0.2) is 5.75 Å². The van der Waals surface area contributed by atoms with Crippen molar-refractivity contribution in [3.8, 4) is 5.75 Å². The highest BCUT2D eigenvalue weighted by Crippen LogP contribution is 2.18. The van der Waals surface area contributed by atoms with E-state index in [-0.39, 0.29) is 11.2 Å². The predicted octanol–water partition coefficient (Wildman–Crippen LogP) is 3.29. The number of aromatic hydroxyl groups is 1. The Labute approximate surface area is 102 Å². The quantitative estimate of drug-likeness (QED) is 0.809. The zero-order valence-electron chi connectivity index (χ0n) is 10.6. The fraction of sp³-hybridized carbons (Fsp3) is 0.267. The Balaban J connectivity index is 3.39. The van der Waals surface area contributed by atoms with E-state index >= 15 is 0 Å². The lowest BCUT2D eigenvalue weighted by atomic mass is 10.0. The van der Waals surface area contributed by atoms with Gasteiger partial charge in [-0.05, 0) is 50.5 Å². The van der Waals surface area contributed by atoms with Gasteiger partial charge in [0.2, 0.25) is 5.43 Å². The minimum Gasteiger partial charge on any atom is -0.504 e. The summed E-state index contributed by atoms with van der Waals surface area (Å²) in [6.45, 7) is 9.78. The second-order valence-corrected chi connectivity index (χ2v) is 4.43. The topological polar surface area (TPSA) is 37.3 Å². The van der Waals surface area contributed by atoms with Gasteiger partial charge in [-0.25, -0.2) is 0 Å². The number of allylic oxidation sites excluding steroid dienone is 3. The van der Waals surface area contributed by atoms with Crippen LogP contribution >= 0.6 is 0 Å². The molecule has 0 atom stereocenters. The molecular weight excluding hydrogens is 212 g/mol. The second kappa shape index (κ2) is 5.48. The molecule has 1 rings (SSSR count). The van der Waals surface area contributed by atoms with Gasteiger partial charge in [0.1, 0.15) is 0 Å². The van der Waals surface area contributed by atoms with Crippen LogP contribution in [0.4, 0.5) is 0 Å². The van der Waals surface area contributed by atoms with Gasteiger partial charge >= 0.3 is 0 Å². The Bertz CT molecular complexity index is 521. The maximum absolute atomic E-state index is 11.5. The van der Waals surface area contributed by atoms with Crippen LogP contribution < -0.4 is 5.43 Å². The van der Waals surface area contributed by atoms with Gasteiger partial charge in [0, 0.05) is 0 Å². The van der Waals surface area contributed by atoms with Crippen molar-refractivity contribution in [1.82, 2.24) is 0 Å².